The summed E-state index contributed by atoms with van der Waals surface area (Å²) >= 11 is 4.48. The Morgan fingerprint density at radius 1 is 1.21 bits per heavy atom. The van der Waals surface area contributed by atoms with Crippen LogP contribution in [0, 0.1) is 6.92 Å². The van der Waals surface area contributed by atoms with Crippen molar-refractivity contribution in [2.75, 3.05) is 0 Å². The van der Waals surface area contributed by atoms with Crippen LogP contribution in [0.2, 0.25) is 0 Å². The van der Waals surface area contributed by atoms with Gasteiger partial charge < -0.3 is 0 Å². The van der Waals surface area contributed by atoms with Crippen LogP contribution >= 0.6 is 27.3 Å². The van der Waals surface area contributed by atoms with Crippen LogP contribution in [0.3, 0.4) is 0 Å². The molecule has 7 heteroatoms. The summed E-state index contributed by atoms with van der Waals surface area (Å²) in [5.74, 6) is 0.464. The van der Waals surface area contributed by atoms with Crippen LogP contribution in [-0.4, -0.2) is 17.4 Å². The number of rotatable bonds is 2. The van der Waals surface area contributed by atoms with Gasteiger partial charge in [-0.3, -0.25) is 0 Å². The highest BCUT2D eigenvalue weighted by molar-refractivity contribution is 9.11. The molecule has 0 aliphatic rings. The minimum Gasteiger partial charge on any atom is -0.232 e. The molecule has 3 aromatic rings. The lowest BCUT2D eigenvalue weighted by Gasteiger charge is -2.06. The normalized spacial score (nSPS) is 12.1. The summed E-state index contributed by atoms with van der Waals surface area (Å²) in [7, 11) is -3.59. The van der Waals surface area contributed by atoms with Gasteiger partial charge in [0.25, 0.3) is 10.0 Å². The van der Waals surface area contributed by atoms with Crippen LogP contribution in [0.4, 0.5) is 0 Å². The van der Waals surface area contributed by atoms with E-state index >= 15 is 0 Å². The van der Waals surface area contributed by atoms with Gasteiger partial charge in [-0.2, -0.15) is 8.42 Å². The fraction of sp³-hybridized carbons (Fsp3) is 0.0833. The maximum atomic E-state index is 12.7. The summed E-state index contributed by atoms with van der Waals surface area (Å²) in [6, 6.07) is 10.5. The molecule has 0 saturated carbocycles. The van der Waals surface area contributed by atoms with Gasteiger partial charge in [0, 0.05) is 0 Å². The monoisotopic (exact) mass is 356 g/mol. The Morgan fingerprint density at radius 3 is 2.63 bits per heavy atom. The fourth-order valence-electron chi connectivity index (χ4n) is 1.95. The van der Waals surface area contributed by atoms with Gasteiger partial charge in [0.2, 0.25) is 0 Å². The van der Waals surface area contributed by atoms with Crippen molar-refractivity contribution < 1.29 is 8.42 Å². The van der Waals surface area contributed by atoms with Gasteiger partial charge in [-0.15, -0.1) is 11.3 Å². The Hall–Kier alpha value is -1.18. The van der Waals surface area contributed by atoms with E-state index in [-0.39, 0.29) is 0 Å². The summed E-state index contributed by atoms with van der Waals surface area (Å²) in [5, 5.41) is 0. The number of aryl methyl sites for hydroxylation is 1. The van der Waals surface area contributed by atoms with E-state index in [1.54, 1.807) is 37.3 Å². The SMILES string of the molecule is Cc1nc2ccccc2n1S(=O)(=O)c1ccc(Br)s1. The number of benzene rings is 1. The molecule has 19 heavy (non-hydrogen) atoms. The summed E-state index contributed by atoms with van der Waals surface area (Å²) < 4.78 is 27.7. The van der Waals surface area contributed by atoms with Gasteiger partial charge in [-0.05, 0) is 47.1 Å². The first-order chi connectivity index (χ1) is 9.00. The van der Waals surface area contributed by atoms with E-state index in [9.17, 15) is 8.42 Å². The Labute approximate surface area is 122 Å². The molecule has 0 atom stereocenters. The van der Waals surface area contributed by atoms with E-state index < -0.39 is 10.0 Å². The van der Waals surface area contributed by atoms with E-state index in [0.29, 0.717) is 21.1 Å². The zero-order valence-corrected chi connectivity index (χ0v) is 13.1. The third-order valence-corrected chi connectivity index (χ3v) is 6.61. The second-order valence-corrected chi connectivity index (χ2v) is 8.45. The molecule has 0 N–H and O–H groups in total. The number of nitrogens with zero attached hydrogens (tertiary/aromatic N) is 2. The average Bonchev–Trinajstić information content (AvgIpc) is 2.92. The number of para-hydroxylation sites is 2. The number of aromatic nitrogens is 2. The molecule has 0 spiro atoms. The molecule has 0 bridgehead atoms. The first-order valence-electron chi connectivity index (χ1n) is 5.45. The molecule has 2 heterocycles. The predicted molar refractivity (Wildman–Crippen MR) is 79.1 cm³/mol. The molecule has 0 unspecified atom stereocenters. The fourth-order valence-corrected chi connectivity index (χ4v) is 5.53. The zero-order valence-electron chi connectivity index (χ0n) is 9.87. The molecule has 0 aliphatic heterocycles. The maximum absolute atomic E-state index is 12.7. The first kappa shape index (κ1) is 12.8. The Balaban J connectivity index is 2.33. The quantitative estimate of drug-likeness (QED) is 0.706. The van der Waals surface area contributed by atoms with E-state index in [0.717, 1.165) is 3.79 Å². The second-order valence-electron chi connectivity index (χ2n) is 3.98. The zero-order chi connectivity index (χ0) is 13.6. The van der Waals surface area contributed by atoms with Crippen LogP contribution < -0.4 is 0 Å². The van der Waals surface area contributed by atoms with Crippen molar-refractivity contribution in [1.82, 2.24) is 8.96 Å². The van der Waals surface area contributed by atoms with Crippen LogP contribution in [0.5, 0.6) is 0 Å². The molecule has 1 aromatic carbocycles. The lowest BCUT2D eigenvalue weighted by atomic mass is 10.3. The molecule has 4 nitrogen and oxygen atoms in total. The third kappa shape index (κ3) is 2.01. The van der Waals surface area contributed by atoms with Crippen molar-refractivity contribution in [3.63, 3.8) is 0 Å². The van der Waals surface area contributed by atoms with Crippen LogP contribution in [0.1, 0.15) is 5.82 Å². The minimum absolute atomic E-state index is 0.297. The smallest absolute Gasteiger partial charge is 0.232 e. The maximum Gasteiger partial charge on any atom is 0.279 e. The number of hydrogen-bond acceptors (Lipinski definition) is 4. The molecule has 0 saturated heterocycles. The van der Waals surface area contributed by atoms with Crippen LogP contribution in [0.15, 0.2) is 44.4 Å². The Bertz CT molecular complexity index is 865. The van der Waals surface area contributed by atoms with Gasteiger partial charge in [0.15, 0.2) is 0 Å². The number of fused-ring (bicyclic) bond motifs is 1. The number of halogens is 1. The van der Waals surface area contributed by atoms with Crippen molar-refractivity contribution >= 4 is 48.3 Å². The van der Waals surface area contributed by atoms with E-state index in [2.05, 4.69) is 20.9 Å². The summed E-state index contributed by atoms with van der Waals surface area (Å²) in [4.78, 5) is 4.29. The van der Waals surface area contributed by atoms with Gasteiger partial charge >= 0.3 is 0 Å². The molecule has 98 valence electrons. The summed E-state index contributed by atoms with van der Waals surface area (Å²) in [6.45, 7) is 1.69. The first-order valence-corrected chi connectivity index (χ1v) is 8.50. The van der Waals surface area contributed by atoms with Crippen LogP contribution in [-0.2, 0) is 10.0 Å². The van der Waals surface area contributed by atoms with E-state index in [1.807, 2.05) is 6.07 Å². The van der Waals surface area contributed by atoms with Crippen molar-refractivity contribution in [1.29, 1.82) is 0 Å². The van der Waals surface area contributed by atoms with Crippen molar-refractivity contribution in [3.05, 3.63) is 46.0 Å². The van der Waals surface area contributed by atoms with Gasteiger partial charge in [-0.25, -0.2) is 8.96 Å². The Kier molecular flexibility index (Phi) is 2.99. The van der Waals surface area contributed by atoms with Gasteiger partial charge in [0.05, 0.1) is 14.8 Å². The standard InChI is InChI=1S/C12H9BrN2O2S2/c1-8-14-9-4-2-3-5-10(9)15(8)19(16,17)12-7-6-11(13)18-12/h2-7H,1H3. The molecule has 0 radical (unpaired) electrons. The largest absolute Gasteiger partial charge is 0.279 e. The molecule has 0 aliphatic carbocycles. The lowest BCUT2D eigenvalue weighted by molar-refractivity contribution is 0.589. The van der Waals surface area contributed by atoms with Crippen LogP contribution in [0.25, 0.3) is 11.0 Å². The van der Waals surface area contributed by atoms with Crippen molar-refractivity contribution in [2.24, 2.45) is 0 Å². The number of thiophene rings is 1. The minimum atomic E-state index is -3.59. The highest BCUT2D eigenvalue weighted by Crippen LogP contribution is 2.30. The van der Waals surface area contributed by atoms with E-state index in [1.165, 1.54) is 15.3 Å². The number of imidazole rings is 1. The third-order valence-electron chi connectivity index (χ3n) is 2.72. The topological polar surface area (TPSA) is 52.0 Å². The summed E-state index contributed by atoms with van der Waals surface area (Å²) in [5.41, 5.74) is 1.28. The van der Waals surface area contributed by atoms with E-state index in [4.69, 9.17) is 0 Å². The molecular weight excluding hydrogens is 348 g/mol. The van der Waals surface area contributed by atoms with Gasteiger partial charge in [-0.1, -0.05) is 12.1 Å². The lowest BCUT2D eigenvalue weighted by Crippen LogP contribution is -2.13. The van der Waals surface area contributed by atoms with Crippen molar-refractivity contribution in [2.45, 2.75) is 11.1 Å². The number of hydrogen-bond donors (Lipinski definition) is 0. The predicted octanol–water partition coefficient (Wildman–Crippen LogP) is 3.41. The molecule has 3 rings (SSSR count). The highest BCUT2D eigenvalue weighted by atomic mass is 79.9. The molecular formula is C12H9BrN2O2S2. The Morgan fingerprint density at radius 2 is 1.95 bits per heavy atom. The second kappa shape index (κ2) is 4.43. The molecule has 0 amide bonds. The molecule has 2 aromatic heterocycles. The van der Waals surface area contributed by atoms with Gasteiger partial charge in [0.1, 0.15) is 10.0 Å². The molecule has 0 fully saturated rings. The summed E-state index contributed by atoms with van der Waals surface area (Å²) in [6.07, 6.45) is 0. The average molecular weight is 357 g/mol. The van der Waals surface area contributed by atoms with Crippen molar-refractivity contribution in [3.8, 4) is 0 Å². The highest BCUT2D eigenvalue weighted by Gasteiger charge is 2.23.